The fraction of sp³-hybridized carbons (Fsp3) is 0.655. The molecule has 1 heterocycles. The van der Waals surface area contributed by atoms with Crippen molar-refractivity contribution in [2.45, 2.75) is 175 Å². The van der Waals surface area contributed by atoms with Crippen molar-refractivity contribution in [1.82, 2.24) is 36.0 Å². The number of benzene rings is 2. The quantitative estimate of drug-likeness (QED) is 0.0485. The van der Waals surface area contributed by atoms with Gasteiger partial charge in [0.25, 0.3) is 0 Å². The number of primary amides is 1. The summed E-state index contributed by atoms with van der Waals surface area (Å²) in [5.74, 6) is -4.32. The number of rotatable bonds is 31. The molecule has 0 radical (unpaired) electrons. The summed E-state index contributed by atoms with van der Waals surface area (Å²) in [7, 11) is 6.12. The molecule has 0 aliphatic carbocycles. The lowest BCUT2D eigenvalue weighted by Gasteiger charge is -2.41. The smallest absolute Gasteiger partial charge is 0.410 e. The van der Waals surface area contributed by atoms with Crippen LogP contribution in [0.5, 0.6) is 0 Å². The number of hydrogen-bond acceptors (Lipinski definition) is 13. The number of ether oxygens (including phenoxy) is 3. The van der Waals surface area contributed by atoms with E-state index in [1.807, 2.05) is 45.9 Å². The van der Waals surface area contributed by atoms with E-state index in [2.05, 4.69) is 26.6 Å². The highest BCUT2D eigenvalue weighted by atomic mass is 16.6. The SMILES string of the molecule is CCC(C)[C@@H]([C@@H](CC(=O)N1CCCC1[C@H](OC)[C@@H](C)C(=O)N[C@H](C)[C@@H](O)c1ccccc1)OC)N(C)C(=O)[C@@H](NC(=O)[C@H](C(C)C)N(C)C(=O)OCc1ccc(NC(=O)C(CCCNC(N)=O)NC(=O)[C@@H](N)C(C)C)cc1)C(C)C. The fourth-order valence-corrected chi connectivity index (χ4v) is 10.2. The highest BCUT2D eigenvalue weighted by Crippen LogP contribution is 2.30. The Morgan fingerprint density at radius 1 is 0.775 bits per heavy atom. The Morgan fingerprint density at radius 3 is 1.96 bits per heavy atom. The van der Waals surface area contributed by atoms with Crippen molar-refractivity contribution < 1.29 is 57.7 Å². The molecule has 448 valence electrons. The molecule has 12 atom stereocenters. The topological polar surface area (TPSA) is 306 Å². The zero-order valence-corrected chi connectivity index (χ0v) is 49.7. The molecule has 0 spiro atoms. The van der Waals surface area contributed by atoms with E-state index >= 15 is 0 Å². The second kappa shape index (κ2) is 32.8. The number of amides is 9. The highest BCUT2D eigenvalue weighted by molar-refractivity contribution is 5.98. The molecule has 0 aromatic heterocycles. The molecule has 1 saturated heterocycles. The van der Waals surface area contributed by atoms with Gasteiger partial charge in [-0.05, 0) is 79.5 Å². The van der Waals surface area contributed by atoms with Crippen LogP contribution in [-0.4, -0.2) is 163 Å². The van der Waals surface area contributed by atoms with Gasteiger partial charge in [0.15, 0.2) is 0 Å². The largest absolute Gasteiger partial charge is 0.445 e. The predicted octanol–water partition coefficient (Wildman–Crippen LogP) is 4.43. The van der Waals surface area contributed by atoms with Gasteiger partial charge < -0.3 is 67.2 Å². The van der Waals surface area contributed by atoms with Crippen molar-refractivity contribution in [2.75, 3.05) is 46.7 Å². The molecule has 80 heavy (non-hydrogen) atoms. The lowest BCUT2D eigenvalue weighted by Crippen LogP contribution is -2.60. The number of urea groups is 1. The van der Waals surface area contributed by atoms with Crippen LogP contribution in [0.3, 0.4) is 0 Å². The number of likely N-dealkylation sites (tertiary alicyclic amines) is 1. The van der Waals surface area contributed by atoms with Crippen molar-refractivity contribution in [1.29, 1.82) is 0 Å². The van der Waals surface area contributed by atoms with Gasteiger partial charge in [-0.1, -0.05) is 111 Å². The van der Waals surface area contributed by atoms with Gasteiger partial charge in [0.1, 0.15) is 24.7 Å². The molecule has 9 amide bonds. The van der Waals surface area contributed by atoms with Crippen LogP contribution in [-0.2, 0) is 49.6 Å². The molecule has 3 rings (SSSR count). The van der Waals surface area contributed by atoms with Crippen LogP contribution in [0.4, 0.5) is 15.3 Å². The van der Waals surface area contributed by atoms with Crippen molar-refractivity contribution in [3.8, 4) is 0 Å². The third-order valence-corrected chi connectivity index (χ3v) is 15.3. The first-order chi connectivity index (χ1) is 37.7. The number of nitrogens with two attached hydrogens (primary N) is 2. The predicted molar refractivity (Wildman–Crippen MR) is 305 cm³/mol. The van der Waals surface area contributed by atoms with Crippen LogP contribution in [0, 0.1) is 29.6 Å². The number of nitrogens with zero attached hydrogens (tertiary/aromatic N) is 3. The van der Waals surface area contributed by atoms with Crippen LogP contribution < -0.4 is 38.1 Å². The van der Waals surface area contributed by atoms with Crippen LogP contribution in [0.15, 0.2) is 54.6 Å². The molecule has 10 N–H and O–H groups in total. The fourth-order valence-electron chi connectivity index (χ4n) is 10.2. The summed E-state index contributed by atoms with van der Waals surface area (Å²) in [4.78, 5) is 112. The van der Waals surface area contributed by atoms with Gasteiger partial charge in [-0.25, -0.2) is 9.59 Å². The lowest BCUT2D eigenvalue weighted by molar-refractivity contribution is -0.148. The van der Waals surface area contributed by atoms with Gasteiger partial charge in [-0.3, -0.25) is 33.7 Å². The highest BCUT2D eigenvalue weighted by Gasteiger charge is 2.44. The Hall–Kier alpha value is -6.36. The van der Waals surface area contributed by atoms with E-state index in [1.165, 1.54) is 26.2 Å². The van der Waals surface area contributed by atoms with E-state index in [0.29, 0.717) is 49.0 Å². The van der Waals surface area contributed by atoms with Gasteiger partial charge in [-0.2, -0.15) is 0 Å². The Bertz CT molecular complexity index is 2320. The van der Waals surface area contributed by atoms with E-state index in [4.69, 9.17) is 25.7 Å². The van der Waals surface area contributed by atoms with Gasteiger partial charge in [-0.15, -0.1) is 0 Å². The summed E-state index contributed by atoms with van der Waals surface area (Å²) < 4.78 is 17.7. The Balaban J connectivity index is 1.70. The molecular weight excluding hydrogens is 1030 g/mol. The lowest BCUT2D eigenvalue weighted by atomic mass is 9.89. The molecule has 22 nitrogen and oxygen atoms in total. The molecule has 3 unspecified atom stereocenters. The maximum atomic E-state index is 14.7. The second-order valence-electron chi connectivity index (χ2n) is 22.3. The molecule has 1 aliphatic heterocycles. The molecule has 2 aromatic rings. The molecule has 2 aromatic carbocycles. The minimum Gasteiger partial charge on any atom is -0.445 e. The zero-order valence-electron chi connectivity index (χ0n) is 49.7. The molecule has 1 fully saturated rings. The Kier molecular flexibility index (Phi) is 27.8. The normalized spacial score (nSPS) is 17.6. The first kappa shape index (κ1) is 67.9. The number of likely N-dealkylation sites (N-methyl/N-ethyl adjacent to an activating group) is 2. The average molecular weight is 1120 g/mol. The van der Waals surface area contributed by atoms with E-state index in [9.17, 15) is 43.5 Å². The van der Waals surface area contributed by atoms with Gasteiger partial charge in [0.05, 0.1) is 54.8 Å². The third kappa shape index (κ3) is 19.4. The molecular formula is C58H94N10O12. The monoisotopic (exact) mass is 1120 g/mol. The minimum absolute atomic E-state index is 0.0747. The maximum absolute atomic E-state index is 14.7. The van der Waals surface area contributed by atoms with Gasteiger partial charge in [0, 0.05) is 47.1 Å². The number of methoxy groups -OCH3 is 2. The molecule has 1 aliphatic rings. The number of aliphatic hydroxyl groups is 1. The summed E-state index contributed by atoms with van der Waals surface area (Å²) in [6.45, 7) is 18.7. The van der Waals surface area contributed by atoms with E-state index in [-0.39, 0.29) is 49.6 Å². The number of hydrogen-bond donors (Lipinski definition) is 8. The number of carbonyl (C=O) groups excluding carboxylic acids is 8. The van der Waals surface area contributed by atoms with Crippen LogP contribution >= 0.6 is 0 Å². The third-order valence-electron chi connectivity index (χ3n) is 15.3. The minimum atomic E-state index is -1.05. The van der Waals surface area contributed by atoms with Gasteiger partial charge in [0.2, 0.25) is 35.4 Å². The number of carbonyl (C=O) groups is 8. The van der Waals surface area contributed by atoms with Crippen LogP contribution in [0.2, 0.25) is 0 Å². The summed E-state index contributed by atoms with van der Waals surface area (Å²) >= 11 is 0. The number of aliphatic hydroxyl groups excluding tert-OH is 1. The zero-order chi connectivity index (χ0) is 60.1. The summed E-state index contributed by atoms with van der Waals surface area (Å²) in [6.07, 6.45) is -0.736. The number of nitrogens with one attached hydrogen (secondary N) is 5. The summed E-state index contributed by atoms with van der Waals surface area (Å²) in [6, 6.07) is 9.37. The Morgan fingerprint density at radius 2 is 1.41 bits per heavy atom. The first-order valence-electron chi connectivity index (χ1n) is 28.0. The average Bonchev–Trinajstić information content (AvgIpc) is 3.91. The van der Waals surface area contributed by atoms with Crippen LogP contribution in [0.1, 0.15) is 125 Å². The van der Waals surface area contributed by atoms with Gasteiger partial charge >= 0.3 is 12.1 Å². The number of anilines is 1. The van der Waals surface area contributed by atoms with E-state index in [1.54, 1.807) is 94.8 Å². The van der Waals surface area contributed by atoms with Crippen molar-refractivity contribution in [3.63, 3.8) is 0 Å². The standard InChI is InChI=1S/C58H94N10O12/c1-15-36(8)49(44(78-13)31-45(69)68-30-20-24-43(68)51(79-14)37(9)52(71)62-38(10)50(70)40-21-17-16-18-22-40)66(11)56(75)47(34(4)5)65-55(74)48(35(6)7)67(12)58(77)80-32-39-25-27-41(28-26-39)63-53(72)42(23-19-29-61-57(60)76)64-54(73)46(59)33(2)3/h16-18,21-22,25-28,33-38,42-44,46-51,70H,15,19-20,23-24,29-32,59H2,1-14H3,(H,62,71)(H,63,72)(H,64,73)(H,65,74)(H3,60,61,76)/t36?,37-,38-,42?,43?,44-,46+,47+,48+,49+,50-,51-/m1/s1. The summed E-state index contributed by atoms with van der Waals surface area (Å²) in [5.41, 5.74) is 12.8. The van der Waals surface area contributed by atoms with E-state index < -0.39 is 114 Å². The molecule has 0 bridgehead atoms. The Labute approximate surface area is 473 Å². The molecule has 22 heteroatoms. The van der Waals surface area contributed by atoms with Crippen molar-refractivity contribution in [2.24, 2.45) is 41.1 Å². The van der Waals surface area contributed by atoms with E-state index in [0.717, 1.165) is 0 Å². The second-order valence-corrected chi connectivity index (χ2v) is 22.3. The maximum Gasteiger partial charge on any atom is 0.410 e. The van der Waals surface area contributed by atoms with Crippen LogP contribution in [0.25, 0.3) is 0 Å². The summed E-state index contributed by atoms with van der Waals surface area (Å²) in [5, 5.41) is 24.8. The van der Waals surface area contributed by atoms with Crippen molar-refractivity contribution >= 4 is 53.3 Å². The van der Waals surface area contributed by atoms with Crippen molar-refractivity contribution in [3.05, 3.63) is 65.7 Å². The molecule has 0 saturated carbocycles. The first-order valence-corrected chi connectivity index (χ1v) is 28.0.